The molecular formula is C7H9ClO2. The highest BCUT2D eigenvalue weighted by Gasteiger charge is 1.84. The molecule has 10 heavy (non-hydrogen) atoms. The molecule has 0 bridgehead atoms. The van der Waals surface area contributed by atoms with Crippen LogP contribution in [0.1, 0.15) is 19.3 Å². The van der Waals surface area contributed by atoms with E-state index in [-0.39, 0.29) is 0 Å². The lowest BCUT2D eigenvalue weighted by atomic mass is 10.2. The molecule has 0 fully saturated rings. The Balaban J connectivity index is 3.20. The minimum absolute atomic E-state index is 0.620. The molecule has 0 aliphatic carbocycles. The van der Waals surface area contributed by atoms with Crippen molar-refractivity contribution in [3.8, 4) is 11.8 Å². The second-order valence-electron chi connectivity index (χ2n) is 1.75. The second-order valence-corrected chi connectivity index (χ2v) is 2.13. The van der Waals surface area contributed by atoms with Crippen molar-refractivity contribution in [1.29, 1.82) is 0 Å². The summed E-state index contributed by atoms with van der Waals surface area (Å²) in [6, 6.07) is 0. The number of rotatable bonds is 3. The summed E-state index contributed by atoms with van der Waals surface area (Å²) in [6.07, 6.45) is 2.40. The average molecular weight is 161 g/mol. The van der Waals surface area contributed by atoms with Gasteiger partial charge in [-0.2, -0.15) is 0 Å². The SMILES string of the molecule is O=C(O)C#CCCCCCl. The molecular weight excluding hydrogens is 152 g/mol. The standard InChI is InChI=1S/C7H9ClO2/c8-6-4-2-1-3-5-7(9)10/h1-2,4,6H2,(H,9,10). The van der Waals surface area contributed by atoms with Crippen molar-refractivity contribution in [2.75, 3.05) is 5.88 Å². The molecule has 0 aliphatic rings. The summed E-state index contributed by atoms with van der Waals surface area (Å²) in [5.41, 5.74) is 0. The highest BCUT2D eigenvalue weighted by atomic mass is 35.5. The second kappa shape index (κ2) is 6.44. The topological polar surface area (TPSA) is 37.3 Å². The van der Waals surface area contributed by atoms with Crippen LogP contribution in [0.3, 0.4) is 0 Å². The van der Waals surface area contributed by atoms with Gasteiger partial charge in [-0.15, -0.1) is 11.6 Å². The molecule has 0 aliphatic heterocycles. The molecule has 0 saturated carbocycles. The number of hydrogen-bond acceptors (Lipinski definition) is 1. The van der Waals surface area contributed by atoms with Gasteiger partial charge in [0.05, 0.1) is 0 Å². The van der Waals surface area contributed by atoms with Gasteiger partial charge in [-0.25, -0.2) is 4.79 Å². The molecule has 0 amide bonds. The molecule has 0 spiro atoms. The summed E-state index contributed by atoms with van der Waals surface area (Å²) < 4.78 is 0. The van der Waals surface area contributed by atoms with E-state index >= 15 is 0 Å². The van der Waals surface area contributed by atoms with E-state index in [2.05, 4.69) is 5.92 Å². The molecule has 0 rings (SSSR count). The zero-order valence-electron chi connectivity index (χ0n) is 5.56. The van der Waals surface area contributed by atoms with Gasteiger partial charge in [0.2, 0.25) is 0 Å². The number of carboxylic acids is 1. The van der Waals surface area contributed by atoms with Crippen LogP contribution in [0.4, 0.5) is 0 Å². The van der Waals surface area contributed by atoms with Gasteiger partial charge in [-0.3, -0.25) is 0 Å². The molecule has 0 unspecified atom stereocenters. The van der Waals surface area contributed by atoms with Crippen LogP contribution in [0.25, 0.3) is 0 Å². The third kappa shape index (κ3) is 7.32. The summed E-state index contributed by atoms with van der Waals surface area (Å²) in [7, 11) is 0. The molecule has 0 heterocycles. The van der Waals surface area contributed by atoms with Crippen LogP contribution in [-0.4, -0.2) is 17.0 Å². The Morgan fingerprint density at radius 2 is 2.20 bits per heavy atom. The largest absolute Gasteiger partial charge is 0.472 e. The molecule has 0 radical (unpaired) electrons. The van der Waals surface area contributed by atoms with Gasteiger partial charge in [-0.1, -0.05) is 5.92 Å². The Morgan fingerprint density at radius 1 is 1.50 bits per heavy atom. The smallest absolute Gasteiger partial charge is 0.381 e. The Kier molecular flexibility index (Phi) is 6.00. The first-order valence-electron chi connectivity index (χ1n) is 3.05. The summed E-state index contributed by atoms with van der Waals surface area (Å²) in [4.78, 5) is 9.83. The fourth-order valence-corrected chi connectivity index (χ4v) is 0.635. The minimum Gasteiger partial charge on any atom is -0.472 e. The van der Waals surface area contributed by atoms with Crippen molar-refractivity contribution < 1.29 is 9.90 Å². The van der Waals surface area contributed by atoms with Crippen LogP contribution in [0.2, 0.25) is 0 Å². The van der Waals surface area contributed by atoms with Crippen LogP contribution >= 0.6 is 11.6 Å². The van der Waals surface area contributed by atoms with Crippen LogP contribution in [0.15, 0.2) is 0 Å². The predicted molar refractivity (Wildman–Crippen MR) is 40.0 cm³/mol. The van der Waals surface area contributed by atoms with E-state index < -0.39 is 5.97 Å². The van der Waals surface area contributed by atoms with E-state index in [1.165, 1.54) is 0 Å². The maximum Gasteiger partial charge on any atom is 0.381 e. The van der Waals surface area contributed by atoms with Gasteiger partial charge in [0.25, 0.3) is 0 Å². The number of alkyl halides is 1. The lowest BCUT2D eigenvalue weighted by Gasteiger charge is -1.85. The lowest BCUT2D eigenvalue weighted by Crippen LogP contribution is -1.86. The minimum atomic E-state index is -1.06. The van der Waals surface area contributed by atoms with Gasteiger partial charge in [0.15, 0.2) is 0 Å². The Labute approximate surface area is 65.2 Å². The highest BCUT2D eigenvalue weighted by Crippen LogP contribution is 1.94. The first-order valence-corrected chi connectivity index (χ1v) is 3.58. The van der Waals surface area contributed by atoms with Gasteiger partial charge in [0, 0.05) is 18.2 Å². The molecule has 2 nitrogen and oxygen atoms in total. The maximum atomic E-state index is 9.83. The summed E-state index contributed by atoms with van der Waals surface area (Å²) in [5, 5.41) is 8.07. The van der Waals surface area contributed by atoms with Crippen molar-refractivity contribution in [2.45, 2.75) is 19.3 Å². The fraction of sp³-hybridized carbons (Fsp3) is 0.571. The number of carboxylic acid groups (broad SMARTS) is 1. The molecule has 1 N–H and O–H groups in total. The lowest BCUT2D eigenvalue weighted by molar-refractivity contribution is -0.130. The van der Waals surface area contributed by atoms with E-state index in [1.807, 2.05) is 5.92 Å². The number of halogens is 1. The molecule has 3 heteroatoms. The van der Waals surface area contributed by atoms with Gasteiger partial charge < -0.3 is 5.11 Å². The van der Waals surface area contributed by atoms with Crippen molar-refractivity contribution in [3.63, 3.8) is 0 Å². The molecule has 0 saturated heterocycles. The summed E-state index contributed by atoms with van der Waals surface area (Å²) in [6.45, 7) is 0. The van der Waals surface area contributed by atoms with Crippen LogP contribution in [0, 0.1) is 11.8 Å². The van der Waals surface area contributed by atoms with Crippen LogP contribution < -0.4 is 0 Å². The monoisotopic (exact) mass is 160 g/mol. The molecule has 0 atom stereocenters. The zero-order chi connectivity index (χ0) is 7.82. The molecule has 0 aromatic rings. The van der Waals surface area contributed by atoms with E-state index in [0.717, 1.165) is 12.8 Å². The summed E-state index contributed by atoms with van der Waals surface area (Å²) >= 11 is 5.38. The Hall–Kier alpha value is -0.680. The first kappa shape index (κ1) is 9.32. The third-order valence-corrected chi connectivity index (χ3v) is 1.15. The highest BCUT2D eigenvalue weighted by molar-refractivity contribution is 6.17. The van der Waals surface area contributed by atoms with Crippen molar-refractivity contribution >= 4 is 17.6 Å². The normalized spacial score (nSPS) is 8.10. The summed E-state index contributed by atoms with van der Waals surface area (Å²) in [5.74, 6) is 4.10. The van der Waals surface area contributed by atoms with Crippen LogP contribution in [-0.2, 0) is 4.79 Å². The maximum absolute atomic E-state index is 9.83. The Bertz CT molecular complexity index is 155. The fourth-order valence-electron chi connectivity index (χ4n) is 0.446. The quantitative estimate of drug-likeness (QED) is 0.386. The van der Waals surface area contributed by atoms with Crippen molar-refractivity contribution in [3.05, 3.63) is 0 Å². The Morgan fingerprint density at radius 3 is 2.70 bits per heavy atom. The van der Waals surface area contributed by atoms with Gasteiger partial charge >= 0.3 is 5.97 Å². The van der Waals surface area contributed by atoms with Gasteiger partial charge in [-0.05, 0) is 12.8 Å². The number of aliphatic carboxylic acids is 1. The van der Waals surface area contributed by atoms with E-state index in [1.54, 1.807) is 0 Å². The van der Waals surface area contributed by atoms with E-state index in [4.69, 9.17) is 16.7 Å². The molecule has 56 valence electrons. The number of carbonyl (C=O) groups is 1. The zero-order valence-corrected chi connectivity index (χ0v) is 6.32. The van der Waals surface area contributed by atoms with Crippen molar-refractivity contribution in [1.82, 2.24) is 0 Å². The first-order chi connectivity index (χ1) is 4.77. The predicted octanol–water partition coefficient (Wildman–Crippen LogP) is 1.48. The molecule has 0 aromatic carbocycles. The molecule has 0 aromatic heterocycles. The van der Waals surface area contributed by atoms with E-state index in [9.17, 15) is 4.79 Å². The van der Waals surface area contributed by atoms with Gasteiger partial charge in [0.1, 0.15) is 0 Å². The number of unbranched alkanes of at least 4 members (excludes halogenated alkanes) is 2. The van der Waals surface area contributed by atoms with Crippen molar-refractivity contribution in [2.24, 2.45) is 0 Å². The average Bonchev–Trinajstić information content (AvgIpc) is 1.87. The number of hydrogen-bond donors (Lipinski definition) is 1. The third-order valence-electron chi connectivity index (χ3n) is 0.881. The van der Waals surface area contributed by atoms with E-state index in [0.29, 0.717) is 12.3 Å². The van der Waals surface area contributed by atoms with Crippen LogP contribution in [0.5, 0.6) is 0 Å².